The Morgan fingerprint density at radius 1 is 1.00 bits per heavy atom. The van der Waals surface area contributed by atoms with Gasteiger partial charge in [0.1, 0.15) is 17.6 Å². The second-order valence-corrected chi connectivity index (χ2v) is 7.73. The number of hydrogen-bond acceptors (Lipinski definition) is 7. The molecule has 0 aliphatic heterocycles. The van der Waals surface area contributed by atoms with E-state index in [0.717, 1.165) is 0 Å². The first-order valence-electron chi connectivity index (χ1n) is 10.9. The molecule has 0 saturated heterocycles. The van der Waals surface area contributed by atoms with Crippen molar-refractivity contribution < 1.29 is 28.5 Å². The number of amides is 1. The van der Waals surface area contributed by atoms with E-state index in [4.69, 9.17) is 18.6 Å². The van der Waals surface area contributed by atoms with E-state index in [1.54, 1.807) is 55.6 Å². The van der Waals surface area contributed by atoms with Crippen molar-refractivity contribution in [1.82, 2.24) is 5.32 Å². The van der Waals surface area contributed by atoms with E-state index < -0.39 is 6.10 Å². The third-order valence-corrected chi connectivity index (χ3v) is 5.49. The predicted molar refractivity (Wildman–Crippen MR) is 131 cm³/mol. The second kappa shape index (κ2) is 10.8. The Labute approximate surface area is 201 Å². The van der Waals surface area contributed by atoms with Crippen LogP contribution in [0, 0.1) is 0 Å². The van der Waals surface area contributed by atoms with Crippen LogP contribution in [0.25, 0.3) is 22.1 Å². The number of carbonyl (C=O) groups excluding carboxylic acids is 1. The minimum absolute atomic E-state index is 0.0672. The topological polar surface area (TPSA) is 107 Å². The van der Waals surface area contributed by atoms with Gasteiger partial charge in [0.05, 0.1) is 31.3 Å². The first-order valence-corrected chi connectivity index (χ1v) is 10.9. The van der Waals surface area contributed by atoms with Crippen LogP contribution in [-0.4, -0.2) is 38.4 Å². The molecule has 0 saturated carbocycles. The van der Waals surface area contributed by atoms with Crippen LogP contribution in [0.15, 0.2) is 82.2 Å². The van der Waals surface area contributed by atoms with Crippen LogP contribution in [-0.2, 0) is 4.79 Å². The molecule has 8 nitrogen and oxygen atoms in total. The van der Waals surface area contributed by atoms with Crippen molar-refractivity contribution in [3.05, 3.63) is 88.8 Å². The largest absolute Gasteiger partial charge is 0.493 e. The lowest BCUT2D eigenvalue weighted by Gasteiger charge is -2.13. The van der Waals surface area contributed by atoms with Crippen molar-refractivity contribution in [3.63, 3.8) is 0 Å². The fourth-order valence-electron chi connectivity index (χ4n) is 3.60. The molecule has 0 radical (unpaired) electrons. The fraction of sp³-hybridized carbons (Fsp3) is 0.185. The Hall–Kier alpha value is -4.30. The van der Waals surface area contributed by atoms with Crippen LogP contribution >= 0.6 is 0 Å². The second-order valence-electron chi connectivity index (χ2n) is 7.73. The Balaban J connectivity index is 1.43. The van der Waals surface area contributed by atoms with Gasteiger partial charge >= 0.3 is 0 Å². The van der Waals surface area contributed by atoms with Crippen LogP contribution in [0.3, 0.4) is 0 Å². The van der Waals surface area contributed by atoms with Gasteiger partial charge in [-0.1, -0.05) is 36.4 Å². The number of methoxy groups -OCH3 is 2. The number of aliphatic hydroxyl groups excluding tert-OH is 1. The number of ether oxygens (including phenoxy) is 3. The molecule has 0 fully saturated rings. The van der Waals surface area contributed by atoms with E-state index >= 15 is 0 Å². The monoisotopic (exact) mass is 475 g/mol. The normalized spacial score (nSPS) is 11.6. The van der Waals surface area contributed by atoms with Gasteiger partial charge in [-0.05, 0) is 35.4 Å². The maximum Gasteiger partial charge on any atom is 0.258 e. The number of carbonyl (C=O) groups is 1. The molecule has 1 atom stereocenters. The van der Waals surface area contributed by atoms with E-state index in [9.17, 15) is 14.7 Å². The molecule has 0 aliphatic rings. The van der Waals surface area contributed by atoms with Crippen molar-refractivity contribution in [2.24, 2.45) is 0 Å². The summed E-state index contributed by atoms with van der Waals surface area (Å²) in [6.07, 6.45) is 0.572. The number of aliphatic hydroxyl groups is 1. The molecule has 4 aromatic rings. The summed E-state index contributed by atoms with van der Waals surface area (Å²) in [4.78, 5) is 25.2. The quantitative estimate of drug-likeness (QED) is 0.380. The zero-order chi connectivity index (χ0) is 24.8. The predicted octanol–water partition coefficient (Wildman–Crippen LogP) is 3.71. The smallest absolute Gasteiger partial charge is 0.258 e. The lowest BCUT2D eigenvalue weighted by Crippen LogP contribution is -2.32. The Bertz CT molecular complexity index is 1380. The molecule has 8 heteroatoms. The van der Waals surface area contributed by atoms with Gasteiger partial charge in [-0.25, -0.2) is 0 Å². The van der Waals surface area contributed by atoms with E-state index in [1.165, 1.54) is 13.4 Å². The standard InChI is InChI=1S/C27H25NO7/c1-32-23-11-8-18(12-25(23)33-2)21-15-35-24-13-19(9-10-20(24)27(21)31)34-16-26(30)28-14-22(29)17-6-4-3-5-7-17/h3-13,15,22,29H,14,16H2,1-2H3,(H,28,30)/t22-/m0/s1. The summed E-state index contributed by atoms with van der Waals surface area (Å²) < 4.78 is 21.8. The molecule has 35 heavy (non-hydrogen) atoms. The summed E-state index contributed by atoms with van der Waals surface area (Å²) in [7, 11) is 3.07. The highest BCUT2D eigenvalue weighted by atomic mass is 16.5. The van der Waals surface area contributed by atoms with Crippen LogP contribution < -0.4 is 25.0 Å². The van der Waals surface area contributed by atoms with E-state index in [2.05, 4.69) is 5.32 Å². The molecule has 4 rings (SSSR count). The van der Waals surface area contributed by atoms with Gasteiger partial charge in [0.15, 0.2) is 23.5 Å². The third kappa shape index (κ3) is 5.44. The van der Waals surface area contributed by atoms with Crippen molar-refractivity contribution in [3.8, 4) is 28.4 Å². The molecule has 0 aliphatic carbocycles. The van der Waals surface area contributed by atoms with Crippen molar-refractivity contribution in [2.75, 3.05) is 27.4 Å². The third-order valence-electron chi connectivity index (χ3n) is 5.49. The van der Waals surface area contributed by atoms with Crippen molar-refractivity contribution in [2.45, 2.75) is 6.10 Å². The lowest BCUT2D eigenvalue weighted by atomic mass is 10.0. The number of nitrogens with one attached hydrogen (secondary N) is 1. The molecule has 3 aromatic carbocycles. The summed E-state index contributed by atoms with van der Waals surface area (Å²) in [5.74, 6) is 1.05. The van der Waals surface area contributed by atoms with Crippen LogP contribution in [0.5, 0.6) is 17.2 Å². The average molecular weight is 475 g/mol. The SMILES string of the molecule is COc1ccc(-c2coc3cc(OCC(=O)NC[C@H](O)c4ccccc4)ccc3c2=O)cc1OC. The van der Waals surface area contributed by atoms with Gasteiger partial charge < -0.3 is 29.1 Å². The fourth-order valence-corrected chi connectivity index (χ4v) is 3.60. The van der Waals surface area contributed by atoms with Crippen LogP contribution in [0.1, 0.15) is 11.7 Å². The lowest BCUT2D eigenvalue weighted by molar-refractivity contribution is -0.123. The first kappa shape index (κ1) is 23.8. The van der Waals surface area contributed by atoms with E-state index in [-0.39, 0.29) is 24.5 Å². The molecule has 2 N–H and O–H groups in total. The molecule has 180 valence electrons. The van der Waals surface area contributed by atoms with Gasteiger partial charge in [-0.15, -0.1) is 0 Å². The molecule has 1 amide bonds. The zero-order valence-corrected chi connectivity index (χ0v) is 19.3. The number of rotatable bonds is 9. The molecule has 0 bridgehead atoms. The van der Waals surface area contributed by atoms with Gasteiger partial charge in [0, 0.05) is 12.6 Å². The summed E-state index contributed by atoms with van der Waals surface area (Å²) >= 11 is 0. The molecule has 1 aromatic heterocycles. The van der Waals surface area contributed by atoms with Crippen molar-refractivity contribution >= 4 is 16.9 Å². The summed E-state index contributed by atoms with van der Waals surface area (Å²) in [5, 5.41) is 13.2. The Kier molecular flexibility index (Phi) is 7.32. The Morgan fingerprint density at radius 2 is 1.77 bits per heavy atom. The van der Waals surface area contributed by atoms with E-state index in [1.807, 2.05) is 18.2 Å². The summed E-state index contributed by atoms with van der Waals surface area (Å²) in [5.41, 5.74) is 1.84. The minimum atomic E-state index is -0.810. The molecule has 0 unspecified atom stereocenters. The van der Waals surface area contributed by atoms with Crippen LogP contribution in [0.2, 0.25) is 0 Å². The molecule has 1 heterocycles. The van der Waals surface area contributed by atoms with E-state index in [0.29, 0.717) is 44.9 Å². The molecular formula is C27H25NO7. The average Bonchev–Trinajstić information content (AvgIpc) is 2.90. The van der Waals surface area contributed by atoms with Crippen LogP contribution in [0.4, 0.5) is 0 Å². The molecule has 0 spiro atoms. The summed E-state index contributed by atoms with van der Waals surface area (Å²) in [6.45, 7) is -0.182. The maximum absolute atomic E-state index is 13.1. The highest BCUT2D eigenvalue weighted by Crippen LogP contribution is 2.32. The number of benzene rings is 3. The number of fused-ring (bicyclic) bond motifs is 1. The van der Waals surface area contributed by atoms with Gasteiger partial charge in [0.2, 0.25) is 0 Å². The van der Waals surface area contributed by atoms with Gasteiger partial charge in [-0.2, -0.15) is 0 Å². The van der Waals surface area contributed by atoms with Gasteiger partial charge in [-0.3, -0.25) is 9.59 Å². The number of hydrogen-bond donors (Lipinski definition) is 2. The zero-order valence-electron chi connectivity index (χ0n) is 19.3. The minimum Gasteiger partial charge on any atom is -0.493 e. The highest BCUT2D eigenvalue weighted by molar-refractivity contribution is 5.83. The van der Waals surface area contributed by atoms with Gasteiger partial charge in [0.25, 0.3) is 5.91 Å². The first-order chi connectivity index (χ1) is 17.0. The highest BCUT2D eigenvalue weighted by Gasteiger charge is 2.14. The maximum atomic E-state index is 13.1. The van der Waals surface area contributed by atoms with Crippen molar-refractivity contribution in [1.29, 1.82) is 0 Å². The Morgan fingerprint density at radius 3 is 2.51 bits per heavy atom. The summed E-state index contributed by atoms with van der Waals surface area (Å²) in [6, 6.07) is 19.0. The molecular weight excluding hydrogens is 450 g/mol.